The van der Waals surface area contributed by atoms with E-state index in [0.717, 1.165) is 19.3 Å². The number of hydrogen-bond acceptors (Lipinski definition) is 3. The first-order valence-electron chi connectivity index (χ1n) is 5.22. The van der Waals surface area contributed by atoms with Crippen LogP contribution < -0.4 is 0 Å². The van der Waals surface area contributed by atoms with Crippen molar-refractivity contribution in [1.82, 2.24) is 4.90 Å². The molecule has 1 saturated carbocycles. The Kier molecular flexibility index (Phi) is 2.54. The minimum Gasteiger partial charge on any atom is -0.467 e. The third-order valence-corrected chi connectivity index (χ3v) is 3.58. The van der Waals surface area contributed by atoms with E-state index in [4.69, 9.17) is 5.11 Å². The molecule has 0 aromatic rings. The molecule has 0 radical (unpaired) electrons. The van der Waals surface area contributed by atoms with Crippen molar-refractivity contribution in [2.75, 3.05) is 13.7 Å². The summed E-state index contributed by atoms with van der Waals surface area (Å²) in [7, 11) is 1.31. The Bertz CT molecular complexity index is 291. The fourth-order valence-electron chi connectivity index (χ4n) is 2.93. The van der Waals surface area contributed by atoms with Gasteiger partial charge >= 0.3 is 12.1 Å². The monoisotopic (exact) mass is 213 g/mol. The van der Waals surface area contributed by atoms with Crippen molar-refractivity contribution in [3.8, 4) is 0 Å². The molecule has 5 nitrogen and oxygen atoms in total. The highest BCUT2D eigenvalue weighted by Gasteiger charge is 2.50. The van der Waals surface area contributed by atoms with E-state index in [1.54, 1.807) is 0 Å². The van der Waals surface area contributed by atoms with Crippen LogP contribution in [-0.2, 0) is 9.53 Å². The molecule has 1 amide bonds. The van der Waals surface area contributed by atoms with Crippen LogP contribution in [-0.4, -0.2) is 41.8 Å². The predicted octanol–water partition coefficient (Wildman–Crippen LogP) is 0.938. The number of esters is 1. The lowest BCUT2D eigenvalue weighted by Gasteiger charge is -2.22. The second-order valence-electron chi connectivity index (χ2n) is 4.26. The number of amides is 1. The van der Waals surface area contributed by atoms with Crippen LogP contribution in [0.1, 0.15) is 19.3 Å². The summed E-state index contributed by atoms with van der Waals surface area (Å²) in [5.74, 6) is 0.116. The normalized spacial score (nSPS) is 33.9. The largest absolute Gasteiger partial charge is 0.467 e. The Labute approximate surface area is 88.0 Å². The maximum absolute atomic E-state index is 11.5. The minimum atomic E-state index is -1.01. The smallest absolute Gasteiger partial charge is 0.408 e. The predicted molar refractivity (Wildman–Crippen MR) is 51.4 cm³/mol. The van der Waals surface area contributed by atoms with Crippen LogP contribution in [0.3, 0.4) is 0 Å². The average Bonchev–Trinajstić information content (AvgIpc) is 2.74. The first-order valence-corrected chi connectivity index (χ1v) is 5.22. The van der Waals surface area contributed by atoms with Gasteiger partial charge < -0.3 is 9.84 Å². The van der Waals surface area contributed by atoms with E-state index in [9.17, 15) is 9.59 Å². The van der Waals surface area contributed by atoms with E-state index >= 15 is 0 Å². The van der Waals surface area contributed by atoms with Gasteiger partial charge in [-0.25, -0.2) is 9.59 Å². The second kappa shape index (κ2) is 3.72. The Morgan fingerprint density at radius 1 is 1.40 bits per heavy atom. The Hall–Kier alpha value is -1.26. The quantitative estimate of drug-likeness (QED) is 0.658. The number of carboxylic acid groups (broad SMARTS) is 1. The third kappa shape index (κ3) is 1.56. The maximum atomic E-state index is 11.5. The first-order chi connectivity index (χ1) is 7.15. The van der Waals surface area contributed by atoms with Crippen LogP contribution in [0.5, 0.6) is 0 Å². The van der Waals surface area contributed by atoms with E-state index in [2.05, 4.69) is 4.74 Å². The molecule has 0 aromatic carbocycles. The summed E-state index contributed by atoms with van der Waals surface area (Å²) in [5, 5.41) is 9.00. The Morgan fingerprint density at radius 3 is 2.73 bits per heavy atom. The molecule has 0 aromatic heterocycles. The van der Waals surface area contributed by atoms with Gasteiger partial charge in [0.25, 0.3) is 0 Å². The number of rotatable bonds is 1. The number of carbonyl (C=O) groups excluding carboxylic acids is 1. The minimum absolute atomic E-state index is 0.175. The Balaban J connectivity index is 2.20. The second-order valence-corrected chi connectivity index (χ2v) is 4.26. The highest BCUT2D eigenvalue weighted by atomic mass is 16.5. The van der Waals surface area contributed by atoms with E-state index in [0.29, 0.717) is 12.5 Å². The molecule has 2 rings (SSSR count). The number of carbonyl (C=O) groups is 2. The first kappa shape index (κ1) is 10.3. The van der Waals surface area contributed by atoms with Crippen LogP contribution >= 0.6 is 0 Å². The maximum Gasteiger partial charge on any atom is 0.408 e. The standard InChI is InChI=1S/C10H15NO4/c1-15-9(12)8-7-4-2-3-6(7)5-11(8)10(13)14/h6-8H,2-5H2,1H3,(H,13,14). The molecule has 5 heteroatoms. The van der Waals surface area contributed by atoms with Crippen LogP contribution in [0.25, 0.3) is 0 Å². The molecular weight excluding hydrogens is 198 g/mol. The van der Waals surface area contributed by atoms with Crippen molar-refractivity contribution < 1.29 is 19.4 Å². The molecule has 0 bridgehead atoms. The highest BCUT2D eigenvalue weighted by molar-refractivity contribution is 5.82. The molecule has 15 heavy (non-hydrogen) atoms. The fraction of sp³-hybridized carbons (Fsp3) is 0.800. The molecule has 2 aliphatic rings. The average molecular weight is 213 g/mol. The fourth-order valence-corrected chi connectivity index (χ4v) is 2.93. The van der Waals surface area contributed by atoms with Gasteiger partial charge in [-0.15, -0.1) is 0 Å². The summed E-state index contributed by atoms with van der Waals surface area (Å²) in [4.78, 5) is 23.8. The summed E-state index contributed by atoms with van der Waals surface area (Å²) < 4.78 is 4.68. The van der Waals surface area contributed by atoms with Crippen molar-refractivity contribution in [1.29, 1.82) is 0 Å². The number of likely N-dealkylation sites (tertiary alicyclic amines) is 1. The van der Waals surface area contributed by atoms with Gasteiger partial charge in [0.1, 0.15) is 6.04 Å². The summed E-state index contributed by atoms with van der Waals surface area (Å²) in [6.45, 7) is 0.486. The topological polar surface area (TPSA) is 66.8 Å². The number of fused-ring (bicyclic) bond motifs is 1. The molecule has 2 fully saturated rings. The van der Waals surface area contributed by atoms with Gasteiger partial charge in [0.05, 0.1) is 7.11 Å². The van der Waals surface area contributed by atoms with Crippen LogP contribution in [0.4, 0.5) is 4.79 Å². The molecule has 3 atom stereocenters. The zero-order chi connectivity index (χ0) is 11.0. The molecule has 1 aliphatic carbocycles. The van der Waals surface area contributed by atoms with Crippen molar-refractivity contribution >= 4 is 12.1 Å². The van der Waals surface area contributed by atoms with E-state index < -0.39 is 18.1 Å². The highest BCUT2D eigenvalue weighted by Crippen LogP contribution is 2.42. The molecule has 1 N–H and O–H groups in total. The zero-order valence-electron chi connectivity index (χ0n) is 8.68. The van der Waals surface area contributed by atoms with Crippen LogP contribution in [0.15, 0.2) is 0 Å². The van der Waals surface area contributed by atoms with Crippen molar-refractivity contribution in [3.63, 3.8) is 0 Å². The van der Waals surface area contributed by atoms with Gasteiger partial charge in [0.15, 0.2) is 0 Å². The SMILES string of the molecule is COC(=O)C1C2CCCC2CN1C(=O)O. The van der Waals surface area contributed by atoms with Crippen molar-refractivity contribution in [2.45, 2.75) is 25.3 Å². The summed E-state index contributed by atoms with van der Waals surface area (Å²) >= 11 is 0. The Morgan fingerprint density at radius 2 is 2.13 bits per heavy atom. The molecule has 1 saturated heterocycles. The van der Waals surface area contributed by atoms with E-state index in [1.165, 1.54) is 12.0 Å². The van der Waals surface area contributed by atoms with Gasteiger partial charge in [-0.05, 0) is 24.7 Å². The molecular formula is C10H15NO4. The van der Waals surface area contributed by atoms with Gasteiger partial charge in [0.2, 0.25) is 0 Å². The van der Waals surface area contributed by atoms with E-state index in [1.807, 2.05) is 0 Å². The lowest BCUT2D eigenvalue weighted by molar-refractivity contribution is -0.146. The third-order valence-electron chi connectivity index (χ3n) is 3.58. The number of methoxy groups -OCH3 is 1. The molecule has 1 heterocycles. The summed E-state index contributed by atoms with van der Waals surface area (Å²) in [6, 6.07) is -0.569. The van der Waals surface area contributed by atoms with Gasteiger partial charge in [-0.3, -0.25) is 4.90 Å². The lowest BCUT2D eigenvalue weighted by Crippen LogP contribution is -2.43. The van der Waals surface area contributed by atoms with Crippen molar-refractivity contribution in [3.05, 3.63) is 0 Å². The van der Waals surface area contributed by atoms with Crippen molar-refractivity contribution in [2.24, 2.45) is 11.8 Å². The van der Waals surface area contributed by atoms with E-state index in [-0.39, 0.29) is 5.92 Å². The van der Waals surface area contributed by atoms with Crippen LogP contribution in [0, 0.1) is 11.8 Å². The molecule has 1 aliphatic heterocycles. The number of hydrogen-bond donors (Lipinski definition) is 1. The lowest BCUT2D eigenvalue weighted by atomic mass is 9.94. The summed E-state index contributed by atoms with van der Waals surface area (Å²) in [6.07, 6.45) is 2.05. The van der Waals surface area contributed by atoms with Gasteiger partial charge in [-0.1, -0.05) is 6.42 Å². The molecule has 0 spiro atoms. The molecule has 3 unspecified atom stereocenters. The number of ether oxygens (including phenoxy) is 1. The van der Waals surface area contributed by atoms with Gasteiger partial charge in [-0.2, -0.15) is 0 Å². The number of nitrogens with zero attached hydrogens (tertiary/aromatic N) is 1. The van der Waals surface area contributed by atoms with Gasteiger partial charge in [0, 0.05) is 6.54 Å². The molecule has 84 valence electrons. The summed E-state index contributed by atoms with van der Waals surface area (Å²) in [5.41, 5.74) is 0. The zero-order valence-corrected chi connectivity index (χ0v) is 8.68. The van der Waals surface area contributed by atoms with Crippen LogP contribution in [0.2, 0.25) is 0 Å².